The van der Waals surface area contributed by atoms with E-state index in [1.165, 1.54) is 0 Å². The molecule has 1 aromatic heterocycles. The number of nitrogens with one attached hydrogen (secondary N) is 2. The van der Waals surface area contributed by atoms with Crippen LogP contribution in [0, 0.1) is 0 Å². The highest BCUT2D eigenvalue weighted by molar-refractivity contribution is 14.0. The fourth-order valence-electron chi connectivity index (χ4n) is 3.01. The first-order valence-electron chi connectivity index (χ1n) is 9.76. The maximum Gasteiger partial charge on any atom is 0.191 e. The number of para-hydroxylation sites is 1. The molecule has 8 heteroatoms. The van der Waals surface area contributed by atoms with Gasteiger partial charge in [0.15, 0.2) is 5.96 Å². The molecule has 2 N–H and O–H groups in total. The van der Waals surface area contributed by atoms with Crippen molar-refractivity contribution >= 4 is 35.8 Å². The van der Waals surface area contributed by atoms with Crippen molar-refractivity contribution in [2.24, 2.45) is 4.99 Å². The Labute approximate surface area is 189 Å². The van der Waals surface area contributed by atoms with Crippen LogP contribution in [-0.2, 0) is 11.3 Å². The Balaban J connectivity index is 0.00000300. The van der Waals surface area contributed by atoms with Gasteiger partial charge in [-0.3, -0.25) is 4.99 Å². The average molecular weight is 511 g/mol. The third kappa shape index (κ3) is 7.69. The van der Waals surface area contributed by atoms with Crippen LogP contribution in [0.15, 0.2) is 53.7 Å². The molecule has 1 aromatic carbocycles. The maximum absolute atomic E-state index is 5.71. The summed E-state index contributed by atoms with van der Waals surface area (Å²) in [4.78, 5) is 11.2. The Bertz CT molecular complexity index is 739. The van der Waals surface area contributed by atoms with E-state index in [9.17, 15) is 0 Å². The Morgan fingerprint density at radius 1 is 1.14 bits per heavy atom. The first kappa shape index (κ1) is 23.2. The van der Waals surface area contributed by atoms with Crippen LogP contribution in [0.3, 0.4) is 0 Å². The third-order valence-corrected chi connectivity index (χ3v) is 4.47. The number of guanidine groups is 1. The van der Waals surface area contributed by atoms with Gasteiger partial charge in [-0.25, -0.2) is 4.98 Å². The zero-order valence-electron chi connectivity index (χ0n) is 16.8. The van der Waals surface area contributed by atoms with Crippen LogP contribution in [0.5, 0.6) is 5.75 Å². The number of ether oxygens (including phenoxy) is 2. The number of morpholine rings is 1. The number of halogens is 1. The molecule has 0 unspecified atom stereocenters. The molecule has 29 heavy (non-hydrogen) atoms. The number of pyridine rings is 1. The van der Waals surface area contributed by atoms with Gasteiger partial charge in [0.2, 0.25) is 0 Å². The Kier molecular flexibility index (Phi) is 10.6. The number of nitrogens with zero attached hydrogens (tertiary/aromatic N) is 3. The molecule has 2 aromatic rings. The normalized spacial score (nSPS) is 14.1. The van der Waals surface area contributed by atoms with E-state index in [4.69, 9.17) is 9.47 Å². The minimum atomic E-state index is 0. The van der Waals surface area contributed by atoms with Gasteiger partial charge in [0.05, 0.1) is 19.8 Å². The second-order valence-corrected chi connectivity index (χ2v) is 6.45. The van der Waals surface area contributed by atoms with Crippen molar-refractivity contribution in [3.05, 3.63) is 54.2 Å². The number of benzene rings is 1. The molecule has 1 aliphatic rings. The van der Waals surface area contributed by atoms with Crippen LogP contribution in [0.25, 0.3) is 0 Å². The summed E-state index contributed by atoms with van der Waals surface area (Å²) in [6, 6.07) is 13.9. The molecule has 0 radical (unpaired) electrons. The summed E-state index contributed by atoms with van der Waals surface area (Å²) >= 11 is 0. The average Bonchev–Trinajstić information content (AvgIpc) is 2.77. The minimum absolute atomic E-state index is 0. The Hall–Kier alpha value is -2.07. The van der Waals surface area contributed by atoms with Crippen molar-refractivity contribution in [2.45, 2.75) is 13.0 Å². The SMILES string of the molecule is CN=C(NCCCOc1ccccc1)NCc1cccnc1N1CCOCC1.I. The van der Waals surface area contributed by atoms with Gasteiger partial charge in [0.1, 0.15) is 11.6 Å². The van der Waals surface area contributed by atoms with Crippen molar-refractivity contribution in [1.82, 2.24) is 15.6 Å². The lowest BCUT2D eigenvalue weighted by Crippen LogP contribution is -2.39. The predicted molar refractivity (Wildman–Crippen MR) is 127 cm³/mol. The van der Waals surface area contributed by atoms with Crippen LogP contribution in [0.4, 0.5) is 5.82 Å². The van der Waals surface area contributed by atoms with Crippen LogP contribution >= 0.6 is 24.0 Å². The lowest BCUT2D eigenvalue weighted by atomic mass is 10.2. The fourth-order valence-corrected chi connectivity index (χ4v) is 3.01. The molecule has 0 bridgehead atoms. The molecule has 0 saturated carbocycles. The van der Waals surface area contributed by atoms with Gasteiger partial charge in [0.25, 0.3) is 0 Å². The first-order chi connectivity index (χ1) is 13.9. The number of hydrogen-bond donors (Lipinski definition) is 2. The molecule has 158 valence electrons. The topological polar surface area (TPSA) is 71.0 Å². The Morgan fingerprint density at radius 2 is 1.93 bits per heavy atom. The van der Waals surface area contributed by atoms with E-state index in [1.54, 1.807) is 7.05 Å². The summed E-state index contributed by atoms with van der Waals surface area (Å²) in [6.45, 7) is 5.36. The summed E-state index contributed by atoms with van der Waals surface area (Å²) in [5.41, 5.74) is 1.15. The number of hydrogen-bond acceptors (Lipinski definition) is 5. The van der Waals surface area contributed by atoms with E-state index in [0.717, 1.165) is 62.4 Å². The van der Waals surface area contributed by atoms with Crippen molar-refractivity contribution in [1.29, 1.82) is 0 Å². The zero-order valence-corrected chi connectivity index (χ0v) is 19.2. The zero-order chi connectivity index (χ0) is 19.4. The van der Waals surface area contributed by atoms with Crippen LogP contribution in [0.2, 0.25) is 0 Å². The standard InChI is InChI=1S/C21H29N5O2.HI/c1-22-21(24-11-6-14-28-19-8-3-2-4-9-19)25-17-18-7-5-10-23-20(18)26-12-15-27-16-13-26;/h2-5,7-10H,6,11-17H2,1H3,(H2,22,24,25);1H. The molecule has 1 fully saturated rings. The smallest absolute Gasteiger partial charge is 0.191 e. The van der Waals surface area contributed by atoms with Crippen molar-refractivity contribution < 1.29 is 9.47 Å². The largest absolute Gasteiger partial charge is 0.494 e. The Morgan fingerprint density at radius 3 is 2.69 bits per heavy atom. The van der Waals surface area contributed by atoms with Crippen LogP contribution in [0.1, 0.15) is 12.0 Å². The maximum atomic E-state index is 5.71. The van der Waals surface area contributed by atoms with Crippen LogP contribution < -0.4 is 20.3 Å². The molecule has 1 saturated heterocycles. The molecule has 0 amide bonds. The molecule has 0 atom stereocenters. The van der Waals surface area contributed by atoms with E-state index >= 15 is 0 Å². The van der Waals surface area contributed by atoms with Crippen molar-refractivity contribution in [3.63, 3.8) is 0 Å². The highest BCUT2D eigenvalue weighted by Crippen LogP contribution is 2.18. The monoisotopic (exact) mass is 511 g/mol. The van der Waals surface area contributed by atoms with Crippen molar-refractivity contribution in [3.8, 4) is 5.75 Å². The highest BCUT2D eigenvalue weighted by Gasteiger charge is 2.15. The second kappa shape index (κ2) is 13.2. The van der Waals surface area contributed by atoms with Crippen LogP contribution in [-0.4, -0.2) is 57.4 Å². The van der Waals surface area contributed by atoms with E-state index < -0.39 is 0 Å². The number of aromatic nitrogens is 1. The van der Waals surface area contributed by atoms with Gasteiger partial charge in [0, 0.05) is 45.0 Å². The van der Waals surface area contributed by atoms with E-state index in [1.807, 2.05) is 42.6 Å². The number of rotatable bonds is 8. The first-order valence-corrected chi connectivity index (χ1v) is 9.76. The summed E-state index contributed by atoms with van der Waals surface area (Å²) < 4.78 is 11.2. The molecule has 0 aliphatic carbocycles. The van der Waals surface area contributed by atoms with E-state index in [0.29, 0.717) is 13.2 Å². The van der Waals surface area contributed by atoms with Crippen molar-refractivity contribution in [2.75, 3.05) is 51.4 Å². The van der Waals surface area contributed by atoms with E-state index in [2.05, 4.69) is 31.6 Å². The second-order valence-electron chi connectivity index (χ2n) is 6.45. The van der Waals surface area contributed by atoms with Gasteiger partial charge >= 0.3 is 0 Å². The minimum Gasteiger partial charge on any atom is -0.494 e. The summed E-state index contributed by atoms with van der Waals surface area (Å²) in [7, 11) is 1.78. The van der Waals surface area contributed by atoms with Gasteiger partial charge < -0.3 is 25.0 Å². The molecule has 3 rings (SSSR count). The summed E-state index contributed by atoms with van der Waals surface area (Å²) in [5, 5.41) is 6.70. The molecule has 7 nitrogen and oxygen atoms in total. The van der Waals surface area contributed by atoms with E-state index in [-0.39, 0.29) is 24.0 Å². The summed E-state index contributed by atoms with van der Waals surface area (Å²) in [6.07, 6.45) is 2.73. The highest BCUT2D eigenvalue weighted by atomic mass is 127. The molecule has 1 aliphatic heterocycles. The number of anilines is 1. The third-order valence-electron chi connectivity index (χ3n) is 4.47. The molecule has 0 spiro atoms. The quantitative estimate of drug-likeness (QED) is 0.246. The lowest BCUT2D eigenvalue weighted by Gasteiger charge is -2.29. The molecular weight excluding hydrogens is 481 g/mol. The van der Waals surface area contributed by atoms with Gasteiger partial charge in [-0.2, -0.15) is 0 Å². The molecular formula is C21H30IN5O2. The summed E-state index contributed by atoms with van der Waals surface area (Å²) in [5.74, 6) is 2.69. The lowest BCUT2D eigenvalue weighted by molar-refractivity contribution is 0.122. The molecule has 2 heterocycles. The van der Waals surface area contributed by atoms with Gasteiger partial charge in [-0.05, 0) is 24.6 Å². The van der Waals surface area contributed by atoms with Gasteiger partial charge in [-0.15, -0.1) is 24.0 Å². The predicted octanol–water partition coefficient (Wildman–Crippen LogP) is 2.67. The fraction of sp³-hybridized carbons (Fsp3) is 0.429. The number of aliphatic imine (C=N–C) groups is 1. The van der Waals surface area contributed by atoms with Gasteiger partial charge in [-0.1, -0.05) is 24.3 Å².